The fraction of sp³-hybridized carbons (Fsp3) is 0.211. The molecule has 1 nitrogen and oxygen atoms in total. The van der Waals surface area contributed by atoms with Gasteiger partial charge in [-0.25, -0.2) is 0 Å². The van der Waals surface area contributed by atoms with Gasteiger partial charge in [0.1, 0.15) is 6.07 Å². The molecule has 0 saturated heterocycles. The molecule has 0 spiro atoms. The van der Waals surface area contributed by atoms with Gasteiger partial charge in [-0.15, -0.1) is 0 Å². The number of hydrogen-bond acceptors (Lipinski definition) is 1. The minimum absolute atomic E-state index is 0.849. The number of nitriles is 1. The topological polar surface area (TPSA) is 23.8 Å². The standard InChI is InChI=1S/C19H17N/c1-2-3-6-15-10-11-17-16-8-5-4-7-14(16)9-12-18(17)19(15)13-20/h4-5,7-12H,2-3,6H2,1H3. The number of unbranched alkanes of at least 4 members (excludes halogenated alkanes) is 1. The number of hydrogen-bond donors (Lipinski definition) is 0. The van der Waals surface area contributed by atoms with E-state index < -0.39 is 0 Å². The van der Waals surface area contributed by atoms with E-state index in [1.54, 1.807) is 0 Å². The van der Waals surface area contributed by atoms with Crippen molar-refractivity contribution in [2.24, 2.45) is 0 Å². The number of benzene rings is 3. The van der Waals surface area contributed by atoms with Crippen LogP contribution < -0.4 is 0 Å². The van der Waals surface area contributed by atoms with Crippen molar-refractivity contribution in [2.45, 2.75) is 26.2 Å². The summed E-state index contributed by atoms with van der Waals surface area (Å²) in [5, 5.41) is 14.3. The number of fused-ring (bicyclic) bond motifs is 3. The molecule has 0 aliphatic carbocycles. The third-order valence-electron chi connectivity index (χ3n) is 3.92. The summed E-state index contributed by atoms with van der Waals surface area (Å²) in [4.78, 5) is 0. The van der Waals surface area contributed by atoms with E-state index in [-0.39, 0.29) is 0 Å². The summed E-state index contributed by atoms with van der Waals surface area (Å²) in [5.74, 6) is 0. The summed E-state index contributed by atoms with van der Waals surface area (Å²) in [6, 6.07) is 19.3. The Hall–Kier alpha value is -2.33. The number of rotatable bonds is 3. The molecule has 0 radical (unpaired) electrons. The first-order valence-corrected chi connectivity index (χ1v) is 7.18. The van der Waals surface area contributed by atoms with Crippen LogP contribution in [0.5, 0.6) is 0 Å². The summed E-state index contributed by atoms with van der Waals surface area (Å²) in [7, 11) is 0. The predicted octanol–water partition coefficient (Wildman–Crippen LogP) is 5.21. The maximum atomic E-state index is 9.54. The Labute approximate surface area is 119 Å². The van der Waals surface area contributed by atoms with Gasteiger partial charge in [-0.3, -0.25) is 0 Å². The molecule has 98 valence electrons. The van der Waals surface area contributed by atoms with Crippen LogP contribution in [-0.4, -0.2) is 0 Å². The van der Waals surface area contributed by atoms with Gasteiger partial charge in [0.05, 0.1) is 5.56 Å². The molecule has 0 atom stereocenters. The Morgan fingerprint density at radius 2 is 1.70 bits per heavy atom. The Kier molecular flexibility index (Phi) is 3.39. The van der Waals surface area contributed by atoms with Gasteiger partial charge in [0.25, 0.3) is 0 Å². The summed E-state index contributed by atoms with van der Waals surface area (Å²) >= 11 is 0. The minimum Gasteiger partial charge on any atom is -0.192 e. The van der Waals surface area contributed by atoms with Crippen LogP contribution in [0.25, 0.3) is 21.5 Å². The van der Waals surface area contributed by atoms with Crippen molar-refractivity contribution in [3.8, 4) is 6.07 Å². The van der Waals surface area contributed by atoms with Gasteiger partial charge in [-0.05, 0) is 34.6 Å². The van der Waals surface area contributed by atoms with Gasteiger partial charge in [-0.2, -0.15) is 5.26 Å². The monoisotopic (exact) mass is 259 g/mol. The zero-order valence-corrected chi connectivity index (χ0v) is 11.7. The Morgan fingerprint density at radius 1 is 0.900 bits per heavy atom. The van der Waals surface area contributed by atoms with Gasteiger partial charge >= 0.3 is 0 Å². The Balaban J connectivity index is 2.30. The maximum Gasteiger partial charge on any atom is 0.100 e. The molecule has 3 rings (SSSR count). The maximum absolute atomic E-state index is 9.54. The summed E-state index contributed by atoms with van der Waals surface area (Å²) < 4.78 is 0. The molecule has 0 unspecified atom stereocenters. The van der Waals surface area contributed by atoms with E-state index in [9.17, 15) is 5.26 Å². The van der Waals surface area contributed by atoms with Crippen molar-refractivity contribution in [1.29, 1.82) is 5.26 Å². The lowest BCUT2D eigenvalue weighted by Crippen LogP contribution is -1.92. The Bertz CT molecular complexity index is 809. The average molecular weight is 259 g/mol. The second-order valence-corrected chi connectivity index (χ2v) is 5.20. The highest BCUT2D eigenvalue weighted by Crippen LogP contribution is 2.29. The first-order chi connectivity index (χ1) is 9.85. The van der Waals surface area contributed by atoms with E-state index in [1.807, 2.05) is 0 Å². The zero-order chi connectivity index (χ0) is 13.9. The van der Waals surface area contributed by atoms with Gasteiger partial charge in [0.2, 0.25) is 0 Å². The van der Waals surface area contributed by atoms with E-state index in [2.05, 4.69) is 61.5 Å². The zero-order valence-electron chi connectivity index (χ0n) is 11.7. The fourth-order valence-electron chi connectivity index (χ4n) is 2.84. The molecule has 3 aromatic rings. The van der Waals surface area contributed by atoms with E-state index in [0.717, 1.165) is 30.2 Å². The second-order valence-electron chi connectivity index (χ2n) is 5.20. The largest absolute Gasteiger partial charge is 0.192 e. The number of aryl methyl sites for hydroxylation is 1. The summed E-state index contributed by atoms with van der Waals surface area (Å²) in [6.45, 7) is 2.18. The summed E-state index contributed by atoms with van der Waals surface area (Å²) in [6.07, 6.45) is 3.27. The van der Waals surface area contributed by atoms with Crippen LogP contribution in [0.15, 0.2) is 48.5 Å². The minimum atomic E-state index is 0.849. The van der Waals surface area contributed by atoms with Crippen molar-refractivity contribution < 1.29 is 0 Å². The van der Waals surface area contributed by atoms with E-state index >= 15 is 0 Å². The highest BCUT2D eigenvalue weighted by atomic mass is 14.3. The molecule has 0 aromatic heterocycles. The molecule has 0 bridgehead atoms. The molecule has 0 amide bonds. The predicted molar refractivity (Wildman–Crippen MR) is 84.8 cm³/mol. The third-order valence-corrected chi connectivity index (χ3v) is 3.92. The molecule has 0 aliphatic rings. The van der Waals surface area contributed by atoms with E-state index in [4.69, 9.17) is 0 Å². The van der Waals surface area contributed by atoms with Crippen LogP contribution in [0.1, 0.15) is 30.9 Å². The van der Waals surface area contributed by atoms with E-state index in [0.29, 0.717) is 0 Å². The molecule has 1 heteroatoms. The lowest BCUT2D eigenvalue weighted by Gasteiger charge is -2.09. The van der Waals surface area contributed by atoms with Crippen LogP contribution >= 0.6 is 0 Å². The molecule has 3 aromatic carbocycles. The van der Waals surface area contributed by atoms with Crippen LogP contribution in [0.3, 0.4) is 0 Å². The molecule has 0 heterocycles. The lowest BCUT2D eigenvalue weighted by molar-refractivity contribution is 0.794. The Morgan fingerprint density at radius 3 is 2.50 bits per heavy atom. The molecule has 20 heavy (non-hydrogen) atoms. The van der Waals surface area contributed by atoms with Crippen LogP contribution in [-0.2, 0) is 6.42 Å². The van der Waals surface area contributed by atoms with Crippen molar-refractivity contribution in [3.63, 3.8) is 0 Å². The first kappa shape index (κ1) is 12.7. The van der Waals surface area contributed by atoms with Crippen molar-refractivity contribution in [3.05, 3.63) is 59.7 Å². The van der Waals surface area contributed by atoms with Crippen LogP contribution in [0.4, 0.5) is 0 Å². The smallest absolute Gasteiger partial charge is 0.100 e. The van der Waals surface area contributed by atoms with E-state index in [1.165, 1.54) is 21.7 Å². The highest BCUT2D eigenvalue weighted by Gasteiger charge is 2.09. The quantitative estimate of drug-likeness (QED) is 0.592. The number of nitrogens with zero attached hydrogens (tertiary/aromatic N) is 1. The summed E-state index contributed by atoms with van der Waals surface area (Å²) in [5.41, 5.74) is 2.03. The first-order valence-electron chi connectivity index (χ1n) is 7.18. The SMILES string of the molecule is CCCCc1ccc2c(ccc3ccccc32)c1C#N. The van der Waals surface area contributed by atoms with Gasteiger partial charge < -0.3 is 0 Å². The molecular weight excluding hydrogens is 242 g/mol. The third kappa shape index (κ3) is 2.04. The molecular formula is C19H17N. The van der Waals surface area contributed by atoms with Crippen LogP contribution in [0, 0.1) is 11.3 Å². The fourth-order valence-corrected chi connectivity index (χ4v) is 2.84. The van der Waals surface area contributed by atoms with Gasteiger partial charge in [0, 0.05) is 5.39 Å². The second kappa shape index (κ2) is 5.35. The van der Waals surface area contributed by atoms with Crippen LogP contribution in [0.2, 0.25) is 0 Å². The van der Waals surface area contributed by atoms with Crippen molar-refractivity contribution in [2.75, 3.05) is 0 Å². The average Bonchev–Trinajstić information content (AvgIpc) is 2.51. The van der Waals surface area contributed by atoms with Crippen molar-refractivity contribution >= 4 is 21.5 Å². The lowest BCUT2D eigenvalue weighted by atomic mass is 9.93. The van der Waals surface area contributed by atoms with Gasteiger partial charge in [0.15, 0.2) is 0 Å². The molecule has 0 aliphatic heterocycles. The normalized spacial score (nSPS) is 10.8. The molecule has 0 N–H and O–H groups in total. The molecule has 0 fully saturated rings. The van der Waals surface area contributed by atoms with Crippen molar-refractivity contribution in [1.82, 2.24) is 0 Å². The molecule has 0 saturated carbocycles. The highest BCUT2D eigenvalue weighted by molar-refractivity contribution is 6.09. The van der Waals surface area contributed by atoms with Gasteiger partial charge in [-0.1, -0.05) is 61.9 Å².